The lowest BCUT2D eigenvalue weighted by Gasteiger charge is -2.32. The average Bonchev–Trinajstić information content (AvgIpc) is 2.85. The second-order valence-electron chi connectivity index (χ2n) is 8.50. The number of ether oxygens (including phenoxy) is 1. The van der Waals surface area contributed by atoms with Crippen molar-refractivity contribution in [2.24, 2.45) is 0 Å². The summed E-state index contributed by atoms with van der Waals surface area (Å²) in [7, 11) is 1.75. The molecule has 2 N–H and O–H groups in total. The lowest BCUT2D eigenvalue weighted by molar-refractivity contribution is -0.0556. The van der Waals surface area contributed by atoms with Crippen LogP contribution >= 0.6 is 0 Å². The van der Waals surface area contributed by atoms with Gasteiger partial charge < -0.3 is 20.1 Å². The van der Waals surface area contributed by atoms with Crippen molar-refractivity contribution in [1.82, 2.24) is 15.2 Å². The Labute approximate surface area is 191 Å². The summed E-state index contributed by atoms with van der Waals surface area (Å²) in [5.74, 6) is -2.75. The molecule has 7 nitrogen and oxygen atoms in total. The fraction of sp³-hybridized carbons (Fsp3) is 0.458. The molecule has 4 rings (SSSR count). The first-order valence-electron chi connectivity index (χ1n) is 11.1. The quantitative estimate of drug-likeness (QED) is 0.550. The van der Waals surface area contributed by atoms with Gasteiger partial charge in [-0.1, -0.05) is 18.2 Å². The van der Waals surface area contributed by atoms with Crippen molar-refractivity contribution in [2.75, 3.05) is 37.0 Å². The van der Waals surface area contributed by atoms with Gasteiger partial charge in [0.15, 0.2) is 5.82 Å². The number of aryl methyl sites for hydroxylation is 1. The van der Waals surface area contributed by atoms with E-state index in [0.717, 1.165) is 48.2 Å². The maximum atomic E-state index is 14.0. The van der Waals surface area contributed by atoms with Crippen molar-refractivity contribution in [3.63, 3.8) is 0 Å². The first-order chi connectivity index (χ1) is 15.8. The molecule has 1 fully saturated rings. The Morgan fingerprint density at radius 2 is 2.00 bits per heavy atom. The summed E-state index contributed by atoms with van der Waals surface area (Å²) in [6, 6.07) is 7.79. The Balaban J connectivity index is 1.62. The Bertz CT molecular complexity index is 1120. The molecule has 1 aliphatic heterocycles. The predicted molar refractivity (Wildman–Crippen MR) is 124 cm³/mol. The van der Waals surface area contributed by atoms with E-state index in [4.69, 9.17) is 9.84 Å². The third-order valence-electron chi connectivity index (χ3n) is 6.27. The standard InChI is InChI=1S/C24H29F2N5O2/c1-15(17-5-4-6-18(11-17)24(25,26)14-32)28-23-21-12-19(13-27-22(21)16(2)29-30-23)31-9-7-20(33-3)8-10-31/h4-6,11-13,15,20,32H,7-10,14H2,1-3H3,(H,28,30)/t15-/m1/s1. The van der Waals surface area contributed by atoms with Crippen molar-refractivity contribution in [3.05, 3.63) is 53.3 Å². The molecule has 0 amide bonds. The fourth-order valence-corrected chi connectivity index (χ4v) is 4.19. The summed E-state index contributed by atoms with van der Waals surface area (Å²) < 4.78 is 33.4. The summed E-state index contributed by atoms with van der Waals surface area (Å²) in [5.41, 5.74) is 2.90. The zero-order valence-corrected chi connectivity index (χ0v) is 19.1. The van der Waals surface area contributed by atoms with Gasteiger partial charge in [-0.3, -0.25) is 4.98 Å². The number of pyridine rings is 1. The number of anilines is 2. The first kappa shape index (κ1) is 23.3. The molecule has 1 aromatic carbocycles. The number of aliphatic hydroxyl groups is 1. The van der Waals surface area contributed by atoms with Gasteiger partial charge in [0, 0.05) is 31.1 Å². The topological polar surface area (TPSA) is 83.4 Å². The maximum Gasteiger partial charge on any atom is 0.295 e. The number of fused-ring (bicyclic) bond motifs is 1. The van der Waals surface area contributed by atoms with Gasteiger partial charge in [-0.2, -0.15) is 13.9 Å². The van der Waals surface area contributed by atoms with E-state index in [1.807, 2.05) is 20.0 Å². The van der Waals surface area contributed by atoms with E-state index >= 15 is 0 Å². The number of piperidine rings is 1. The molecule has 0 spiro atoms. The monoisotopic (exact) mass is 457 g/mol. The number of aromatic nitrogens is 3. The minimum atomic E-state index is -3.29. The molecule has 0 bridgehead atoms. The van der Waals surface area contributed by atoms with E-state index in [0.29, 0.717) is 11.4 Å². The maximum absolute atomic E-state index is 14.0. The zero-order chi connectivity index (χ0) is 23.6. The molecule has 9 heteroatoms. The predicted octanol–water partition coefficient (Wildman–Crippen LogP) is 4.21. The van der Waals surface area contributed by atoms with Crippen LogP contribution in [0.25, 0.3) is 10.9 Å². The lowest BCUT2D eigenvalue weighted by atomic mass is 10.0. The number of alkyl halides is 2. The minimum Gasteiger partial charge on any atom is -0.390 e. The highest BCUT2D eigenvalue weighted by Gasteiger charge is 2.31. The number of aliphatic hydroxyl groups excluding tert-OH is 1. The Morgan fingerprint density at radius 1 is 1.24 bits per heavy atom. The lowest BCUT2D eigenvalue weighted by Crippen LogP contribution is -2.36. The van der Waals surface area contributed by atoms with Crippen LogP contribution in [-0.2, 0) is 10.7 Å². The van der Waals surface area contributed by atoms with Gasteiger partial charge >= 0.3 is 0 Å². The van der Waals surface area contributed by atoms with Crippen LogP contribution in [0.3, 0.4) is 0 Å². The molecule has 0 saturated carbocycles. The molecule has 2 aromatic heterocycles. The molecule has 0 radical (unpaired) electrons. The van der Waals surface area contributed by atoms with Gasteiger partial charge in [-0.15, -0.1) is 5.10 Å². The van der Waals surface area contributed by atoms with Gasteiger partial charge in [-0.25, -0.2) is 0 Å². The highest BCUT2D eigenvalue weighted by atomic mass is 19.3. The molecule has 1 saturated heterocycles. The highest BCUT2D eigenvalue weighted by Crippen LogP contribution is 2.32. The number of hydrogen-bond acceptors (Lipinski definition) is 7. The summed E-state index contributed by atoms with van der Waals surface area (Å²) in [4.78, 5) is 6.93. The molecule has 1 atom stereocenters. The third-order valence-corrected chi connectivity index (χ3v) is 6.27. The number of hydrogen-bond donors (Lipinski definition) is 2. The number of nitrogens with zero attached hydrogens (tertiary/aromatic N) is 4. The second-order valence-corrected chi connectivity index (χ2v) is 8.50. The Kier molecular flexibility index (Phi) is 6.71. The number of rotatable bonds is 7. The molecular weight excluding hydrogens is 428 g/mol. The van der Waals surface area contributed by atoms with Crippen LogP contribution < -0.4 is 10.2 Å². The van der Waals surface area contributed by atoms with Crippen molar-refractivity contribution in [3.8, 4) is 0 Å². The van der Waals surface area contributed by atoms with Crippen LogP contribution in [0.4, 0.5) is 20.3 Å². The van der Waals surface area contributed by atoms with E-state index < -0.39 is 12.5 Å². The van der Waals surface area contributed by atoms with Gasteiger partial charge in [0.25, 0.3) is 5.92 Å². The Hall–Kier alpha value is -2.91. The van der Waals surface area contributed by atoms with E-state index in [2.05, 4.69) is 31.5 Å². The second kappa shape index (κ2) is 9.52. The van der Waals surface area contributed by atoms with E-state index in [9.17, 15) is 8.78 Å². The van der Waals surface area contributed by atoms with Crippen molar-refractivity contribution < 1.29 is 18.6 Å². The molecule has 3 aromatic rings. The summed E-state index contributed by atoms with van der Waals surface area (Å²) in [6.07, 6.45) is 4.06. The van der Waals surface area contributed by atoms with Gasteiger partial charge in [0.2, 0.25) is 0 Å². The number of nitrogens with one attached hydrogen (secondary N) is 1. The molecule has 0 unspecified atom stereocenters. The summed E-state index contributed by atoms with van der Waals surface area (Å²) >= 11 is 0. The molecule has 0 aliphatic carbocycles. The molecule has 1 aliphatic rings. The number of methoxy groups -OCH3 is 1. The summed E-state index contributed by atoms with van der Waals surface area (Å²) in [5, 5.41) is 21.7. The van der Waals surface area contributed by atoms with Crippen molar-refractivity contribution in [1.29, 1.82) is 0 Å². The van der Waals surface area contributed by atoms with E-state index in [1.54, 1.807) is 19.2 Å². The SMILES string of the molecule is COC1CCN(c2cnc3c(C)nnc(N[C@H](C)c4cccc(C(F)(F)CO)c4)c3c2)CC1. The van der Waals surface area contributed by atoms with Crippen LogP contribution in [-0.4, -0.2) is 53.2 Å². The number of benzene rings is 1. The van der Waals surface area contributed by atoms with Gasteiger partial charge in [0.1, 0.15) is 6.61 Å². The summed E-state index contributed by atoms with van der Waals surface area (Å²) in [6.45, 7) is 4.26. The molecule has 33 heavy (non-hydrogen) atoms. The fourth-order valence-electron chi connectivity index (χ4n) is 4.19. The molecular formula is C24H29F2N5O2. The number of halogens is 2. The van der Waals surface area contributed by atoms with Crippen LogP contribution in [0.2, 0.25) is 0 Å². The Morgan fingerprint density at radius 3 is 2.70 bits per heavy atom. The van der Waals surface area contributed by atoms with Gasteiger partial charge in [-0.05, 0) is 44.4 Å². The van der Waals surface area contributed by atoms with Crippen molar-refractivity contribution >= 4 is 22.4 Å². The normalized spacial score (nSPS) is 16.2. The zero-order valence-electron chi connectivity index (χ0n) is 19.1. The van der Waals surface area contributed by atoms with Crippen LogP contribution in [0, 0.1) is 6.92 Å². The molecule has 3 heterocycles. The van der Waals surface area contributed by atoms with Crippen LogP contribution in [0.5, 0.6) is 0 Å². The van der Waals surface area contributed by atoms with Gasteiger partial charge in [0.05, 0.1) is 35.2 Å². The smallest absolute Gasteiger partial charge is 0.295 e. The third kappa shape index (κ3) is 4.89. The van der Waals surface area contributed by atoms with Crippen molar-refractivity contribution in [2.45, 2.75) is 44.8 Å². The van der Waals surface area contributed by atoms with Crippen LogP contribution in [0.1, 0.15) is 42.6 Å². The van der Waals surface area contributed by atoms with Crippen LogP contribution in [0.15, 0.2) is 36.5 Å². The first-order valence-corrected chi connectivity index (χ1v) is 11.1. The largest absolute Gasteiger partial charge is 0.390 e. The minimum absolute atomic E-state index is 0.223. The molecule has 176 valence electrons. The average molecular weight is 458 g/mol. The van der Waals surface area contributed by atoms with E-state index in [1.165, 1.54) is 12.1 Å². The van der Waals surface area contributed by atoms with E-state index in [-0.39, 0.29) is 17.7 Å². The highest BCUT2D eigenvalue weighted by molar-refractivity contribution is 5.92.